The molecule has 0 aliphatic heterocycles. The number of anilines is 3. The molecule has 0 spiro atoms. The standard InChI is InChI=1S/C48H53N/c1-31(2)34-26-25-32-17-12-13-20-35(32)45(34)49(33-18-10-9-11-19-33)43-30-42-38(36-21-14-15-23-40(36)48(42,7)8)29-39(43)37-22-16-24-41-44(37)47(5,6)28-27-46(41,3)4/h9-11,14-16,18-19,21-26,29-31H,12-13,17,20,27-28H2,1-8H3. The van der Waals surface area contributed by atoms with E-state index in [0.717, 1.165) is 12.8 Å². The molecular weight excluding hydrogens is 591 g/mol. The minimum atomic E-state index is -0.101. The second-order valence-corrected chi connectivity index (χ2v) is 17.3. The lowest BCUT2D eigenvalue weighted by atomic mass is 9.61. The molecule has 0 amide bonds. The zero-order valence-corrected chi connectivity index (χ0v) is 31.0. The molecule has 0 saturated carbocycles. The monoisotopic (exact) mass is 643 g/mol. The van der Waals surface area contributed by atoms with Crippen molar-refractivity contribution in [2.75, 3.05) is 4.90 Å². The first-order chi connectivity index (χ1) is 23.4. The summed E-state index contributed by atoms with van der Waals surface area (Å²) < 4.78 is 0. The summed E-state index contributed by atoms with van der Waals surface area (Å²) in [6, 6.07) is 37.7. The van der Waals surface area contributed by atoms with Crippen molar-refractivity contribution < 1.29 is 0 Å². The molecule has 8 rings (SSSR count). The minimum Gasteiger partial charge on any atom is -0.309 e. The first kappa shape index (κ1) is 32.1. The van der Waals surface area contributed by atoms with Gasteiger partial charge < -0.3 is 4.90 Å². The third-order valence-electron chi connectivity index (χ3n) is 12.5. The second-order valence-electron chi connectivity index (χ2n) is 17.3. The van der Waals surface area contributed by atoms with Crippen LogP contribution < -0.4 is 4.90 Å². The van der Waals surface area contributed by atoms with Gasteiger partial charge in [0.25, 0.3) is 0 Å². The minimum absolute atomic E-state index is 0.0709. The summed E-state index contributed by atoms with van der Waals surface area (Å²) in [6.07, 6.45) is 7.21. The first-order valence-electron chi connectivity index (χ1n) is 18.8. The highest BCUT2D eigenvalue weighted by atomic mass is 15.2. The van der Waals surface area contributed by atoms with Crippen molar-refractivity contribution in [1.82, 2.24) is 0 Å². The Bertz CT molecular complexity index is 2070. The lowest BCUT2D eigenvalue weighted by Crippen LogP contribution is -2.34. The fraction of sp³-hybridized carbons (Fsp3) is 0.375. The summed E-state index contributed by atoms with van der Waals surface area (Å²) in [5, 5.41) is 0. The number of hydrogen-bond donors (Lipinski definition) is 0. The summed E-state index contributed by atoms with van der Waals surface area (Å²) in [7, 11) is 0. The third kappa shape index (κ3) is 5.02. The molecule has 0 fully saturated rings. The highest BCUT2D eigenvalue weighted by Gasteiger charge is 2.41. The van der Waals surface area contributed by atoms with Gasteiger partial charge in [0.1, 0.15) is 0 Å². The Balaban J connectivity index is 1.53. The van der Waals surface area contributed by atoms with Gasteiger partial charge in [-0.2, -0.15) is 0 Å². The predicted octanol–water partition coefficient (Wildman–Crippen LogP) is 13.5. The van der Waals surface area contributed by atoms with E-state index in [-0.39, 0.29) is 16.2 Å². The van der Waals surface area contributed by atoms with Crippen LogP contribution in [-0.2, 0) is 29.1 Å². The summed E-state index contributed by atoms with van der Waals surface area (Å²) in [5.74, 6) is 0.399. The van der Waals surface area contributed by atoms with Crippen LogP contribution in [0.3, 0.4) is 0 Å². The molecule has 3 aliphatic carbocycles. The summed E-state index contributed by atoms with van der Waals surface area (Å²) >= 11 is 0. The molecule has 1 heteroatoms. The van der Waals surface area contributed by atoms with E-state index in [4.69, 9.17) is 0 Å². The van der Waals surface area contributed by atoms with Crippen LogP contribution in [-0.4, -0.2) is 0 Å². The number of aryl methyl sites for hydroxylation is 1. The smallest absolute Gasteiger partial charge is 0.0543 e. The molecule has 5 aromatic carbocycles. The van der Waals surface area contributed by atoms with Crippen LogP contribution in [0.15, 0.2) is 97.1 Å². The molecule has 49 heavy (non-hydrogen) atoms. The van der Waals surface area contributed by atoms with Crippen molar-refractivity contribution in [3.63, 3.8) is 0 Å². The van der Waals surface area contributed by atoms with Gasteiger partial charge in [-0.25, -0.2) is 0 Å². The highest BCUT2D eigenvalue weighted by Crippen LogP contribution is 2.57. The van der Waals surface area contributed by atoms with Crippen molar-refractivity contribution in [3.05, 3.63) is 136 Å². The Kier molecular flexibility index (Phi) is 7.52. The number of para-hydroxylation sites is 1. The number of hydrogen-bond acceptors (Lipinski definition) is 1. The summed E-state index contributed by atoms with van der Waals surface area (Å²) in [4.78, 5) is 2.69. The van der Waals surface area contributed by atoms with Gasteiger partial charge in [0.2, 0.25) is 0 Å². The Morgan fingerprint density at radius 1 is 0.571 bits per heavy atom. The van der Waals surface area contributed by atoms with Crippen LogP contribution in [0, 0.1) is 0 Å². The van der Waals surface area contributed by atoms with Crippen molar-refractivity contribution >= 4 is 17.1 Å². The van der Waals surface area contributed by atoms with Crippen LogP contribution in [0.2, 0.25) is 0 Å². The van der Waals surface area contributed by atoms with Crippen LogP contribution in [0.25, 0.3) is 22.3 Å². The maximum absolute atomic E-state index is 2.69. The van der Waals surface area contributed by atoms with Gasteiger partial charge in [0.15, 0.2) is 0 Å². The molecule has 250 valence electrons. The van der Waals surface area contributed by atoms with Crippen molar-refractivity contribution in [1.29, 1.82) is 0 Å². The van der Waals surface area contributed by atoms with E-state index in [2.05, 4.69) is 157 Å². The number of benzene rings is 5. The van der Waals surface area contributed by atoms with Gasteiger partial charge in [-0.15, -0.1) is 0 Å². The van der Waals surface area contributed by atoms with Crippen molar-refractivity contribution in [2.24, 2.45) is 0 Å². The normalized spacial score (nSPS) is 18.0. The molecule has 3 aliphatic rings. The van der Waals surface area contributed by atoms with Crippen LogP contribution in [0.5, 0.6) is 0 Å². The van der Waals surface area contributed by atoms with Gasteiger partial charge >= 0.3 is 0 Å². The second kappa shape index (κ2) is 11.5. The Morgan fingerprint density at radius 2 is 1.24 bits per heavy atom. The predicted molar refractivity (Wildman–Crippen MR) is 210 cm³/mol. The Hall–Kier alpha value is -4.10. The molecule has 0 aromatic heterocycles. The Labute approximate surface area is 295 Å². The zero-order valence-electron chi connectivity index (χ0n) is 31.0. The molecule has 0 atom stereocenters. The number of rotatable bonds is 5. The molecule has 0 heterocycles. The van der Waals surface area contributed by atoms with Crippen molar-refractivity contribution in [2.45, 2.75) is 116 Å². The number of fused-ring (bicyclic) bond motifs is 5. The van der Waals surface area contributed by atoms with E-state index in [0.29, 0.717) is 5.92 Å². The summed E-state index contributed by atoms with van der Waals surface area (Å²) in [6.45, 7) is 19.5. The van der Waals surface area contributed by atoms with E-state index in [9.17, 15) is 0 Å². The average molecular weight is 644 g/mol. The maximum Gasteiger partial charge on any atom is 0.0543 e. The lowest BCUT2D eigenvalue weighted by Gasteiger charge is -2.43. The van der Waals surface area contributed by atoms with Gasteiger partial charge in [-0.3, -0.25) is 0 Å². The quantitative estimate of drug-likeness (QED) is 0.184. The lowest BCUT2D eigenvalue weighted by molar-refractivity contribution is 0.333. The van der Waals surface area contributed by atoms with Gasteiger partial charge in [-0.1, -0.05) is 128 Å². The molecule has 0 radical (unpaired) electrons. The van der Waals surface area contributed by atoms with Gasteiger partial charge in [-0.05, 0) is 135 Å². The van der Waals surface area contributed by atoms with Gasteiger partial charge in [0, 0.05) is 16.7 Å². The average Bonchev–Trinajstić information content (AvgIpc) is 3.32. The van der Waals surface area contributed by atoms with Crippen LogP contribution >= 0.6 is 0 Å². The summed E-state index contributed by atoms with van der Waals surface area (Å²) in [5.41, 5.74) is 20.0. The molecule has 0 bridgehead atoms. The van der Waals surface area contributed by atoms with E-state index in [1.54, 1.807) is 5.56 Å². The largest absolute Gasteiger partial charge is 0.309 e. The molecule has 5 aromatic rings. The van der Waals surface area contributed by atoms with E-state index < -0.39 is 0 Å². The van der Waals surface area contributed by atoms with Crippen LogP contribution in [0.4, 0.5) is 17.1 Å². The fourth-order valence-corrected chi connectivity index (χ4v) is 9.61. The molecule has 0 N–H and O–H groups in total. The first-order valence-corrected chi connectivity index (χ1v) is 18.8. The van der Waals surface area contributed by atoms with Gasteiger partial charge in [0.05, 0.1) is 11.4 Å². The highest BCUT2D eigenvalue weighted by molar-refractivity contribution is 5.97. The third-order valence-corrected chi connectivity index (χ3v) is 12.5. The van der Waals surface area contributed by atoms with Crippen LogP contribution in [0.1, 0.15) is 126 Å². The zero-order chi connectivity index (χ0) is 34.3. The molecular formula is C48H53N. The maximum atomic E-state index is 2.69. The fourth-order valence-electron chi connectivity index (χ4n) is 9.61. The Morgan fingerprint density at radius 3 is 2.02 bits per heavy atom. The SMILES string of the molecule is CC(C)c1ccc2c(c1N(c1ccccc1)c1cc3c(cc1-c1cccc4c1C(C)(C)CCC4(C)C)-c1ccccc1C3(C)C)CCCC2. The molecule has 0 saturated heterocycles. The molecule has 1 nitrogen and oxygen atoms in total. The van der Waals surface area contributed by atoms with Crippen molar-refractivity contribution in [3.8, 4) is 22.3 Å². The topological polar surface area (TPSA) is 3.24 Å². The number of nitrogens with zero attached hydrogens (tertiary/aromatic N) is 1. The molecule has 0 unspecified atom stereocenters. The van der Waals surface area contributed by atoms with E-state index in [1.165, 1.54) is 98.4 Å². The van der Waals surface area contributed by atoms with E-state index >= 15 is 0 Å². The van der Waals surface area contributed by atoms with E-state index in [1.807, 2.05) is 0 Å².